The summed E-state index contributed by atoms with van der Waals surface area (Å²) in [6.07, 6.45) is -2.11. The molecule has 5 heteroatoms. The predicted octanol–water partition coefficient (Wildman–Crippen LogP) is 4.01. The van der Waals surface area contributed by atoms with Gasteiger partial charge in [-0.1, -0.05) is 6.07 Å². The number of hydrogen-bond acceptors (Lipinski definition) is 2. The van der Waals surface area contributed by atoms with Crippen LogP contribution in [-0.2, 0) is 6.18 Å². The molecule has 1 atom stereocenters. The fourth-order valence-electron chi connectivity index (χ4n) is 1.88. The van der Waals surface area contributed by atoms with Crippen LogP contribution in [0.3, 0.4) is 0 Å². The van der Waals surface area contributed by atoms with Crippen molar-refractivity contribution < 1.29 is 13.2 Å². The Morgan fingerprint density at radius 3 is 2.76 bits per heavy atom. The van der Waals surface area contributed by atoms with Crippen LogP contribution in [-0.4, -0.2) is 17.5 Å². The van der Waals surface area contributed by atoms with Crippen LogP contribution in [0.15, 0.2) is 24.3 Å². The Kier molecular flexibility index (Phi) is 3.86. The van der Waals surface area contributed by atoms with E-state index in [9.17, 15) is 13.2 Å². The second kappa shape index (κ2) is 5.21. The van der Waals surface area contributed by atoms with Crippen LogP contribution < -0.4 is 5.32 Å². The Morgan fingerprint density at radius 2 is 2.12 bits per heavy atom. The molecule has 1 saturated heterocycles. The van der Waals surface area contributed by atoms with E-state index >= 15 is 0 Å². The monoisotopic (exact) mass is 261 g/mol. The van der Waals surface area contributed by atoms with E-state index in [1.54, 1.807) is 6.07 Å². The van der Waals surface area contributed by atoms with E-state index in [0.29, 0.717) is 5.69 Å². The molecular formula is C12H14F3NS. The summed E-state index contributed by atoms with van der Waals surface area (Å²) in [5.41, 5.74) is -0.0294. The smallest absolute Gasteiger partial charge is 0.381 e. The number of rotatable bonds is 2. The standard InChI is InChI=1S/C12H14F3NS/c13-12(14,15)9-3-1-4-10(7-9)16-11-5-2-6-17-8-11/h1,3-4,7,11,16H,2,5-6,8H2. The highest BCUT2D eigenvalue weighted by molar-refractivity contribution is 7.99. The quantitative estimate of drug-likeness (QED) is 0.863. The third kappa shape index (κ3) is 3.56. The molecule has 0 aromatic heterocycles. The Hall–Kier alpha value is -0.840. The van der Waals surface area contributed by atoms with E-state index in [1.165, 1.54) is 12.1 Å². The molecule has 0 spiro atoms. The molecule has 1 aliphatic rings. The third-order valence-corrected chi connectivity index (χ3v) is 3.94. The largest absolute Gasteiger partial charge is 0.416 e. The highest BCUT2D eigenvalue weighted by atomic mass is 32.2. The van der Waals surface area contributed by atoms with Crippen LogP contribution in [0, 0.1) is 0 Å². The van der Waals surface area contributed by atoms with E-state index in [-0.39, 0.29) is 6.04 Å². The van der Waals surface area contributed by atoms with Gasteiger partial charge in [0.1, 0.15) is 0 Å². The van der Waals surface area contributed by atoms with Gasteiger partial charge in [0, 0.05) is 17.5 Å². The van der Waals surface area contributed by atoms with Crippen molar-refractivity contribution in [2.24, 2.45) is 0 Å². The van der Waals surface area contributed by atoms with Gasteiger partial charge in [0.05, 0.1) is 5.56 Å². The lowest BCUT2D eigenvalue weighted by molar-refractivity contribution is -0.137. The molecule has 0 bridgehead atoms. The lowest BCUT2D eigenvalue weighted by Crippen LogP contribution is -2.25. The minimum Gasteiger partial charge on any atom is -0.381 e. The van der Waals surface area contributed by atoms with Gasteiger partial charge in [0.2, 0.25) is 0 Å². The van der Waals surface area contributed by atoms with Gasteiger partial charge < -0.3 is 5.32 Å². The molecule has 0 aliphatic carbocycles. The molecule has 1 heterocycles. The first-order chi connectivity index (χ1) is 8.05. The van der Waals surface area contributed by atoms with Crippen LogP contribution >= 0.6 is 11.8 Å². The van der Waals surface area contributed by atoms with Crippen molar-refractivity contribution in [3.05, 3.63) is 29.8 Å². The summed E-state index contributed by atoms with van der Waals surface area (Å²) in [5, 5.41) is 3.17. The highest BCUT2D eigenvalue weighted by Gasteiger charge is 2.30. The first-order valence-electron chi connectivity index (χ1n) is 5.57. The fraction of sp³-hybridized carbons (Fsp3) is 0.500. The Balaban J connectivity index is 2.05. The molecule has 1 nitrogen and oxygen atoms in total. The maximum Gasteiger partial charge on any atom is 0.416 e. The number of thioether (sulfide) groups is 1. The van der Waals surface area contributed by atoms with Crippen molar-refractivity contribution in [2.75, 3.05) is 16.8 Å². The molecule has 1 aromatic carbocycles. The fourth-order valence-corrected chi connectivity index (χ4v) is 2.95. The van der Waals surface area contributed by atoms with E-state index in [1.807, 2.05) is 11.8 Å². The maximum absolute atomic E-state index is 12.5. The van der Waals surface area contributed by atoms with Crippen LogP contribution in [0.1, 0.15) is 18.4 Å². The minimum atomic E-state index is -4.26. The van der Waals surface area contributed by atoms with E-state index in [0.717, 1.165) is 30.4 Å². The number of hydrogen-bond donors (Lipinski definition) is 1. The Labute approximate surface area is 103 Å². The van der Waals surface area contributed by atoms with Crippen molar-refractivity contribution in [2.45, 2.75) is 25.1 Å². The molecule has 1 N–H and O–H groups in total. The average Bonchev–Trinajstić information content (AvgIpc) is 2.29. The van der Waals surface area contributed by atoms with Crippen LogP contribution in [0.4, 0.5) is 18.9 Å². The first-order valence-corrected chi connectivity index (χ1v) is 6.73. The molecule has 2 rings (SSSR count). The molecule has 0 amide bonds. The van der Waals surface area contributed by atoms with Crippen molar-refractivity contribution >= 4 is 17.4 Å². The molecule has 94 valence electrons. The summed E-state index contributed by atoms with van der Waals surface area (Å²) >= 11 is 1.85. The summed E-state index contributed by atoms with van der Waals surface area (Å²) in [6.45, 7) is 0. The molecule has 1 aliphatic heterocycles. The van der Waals surface area contributed by atoms with Gasteiger partial charge >= 0.3 is 6.18 Å². The van der Waals surface area contributed by atoms with Gasteiger partial charge in [-0.25, -0.2) is 0 Å². The van der Waals surface area contributed by atoms with Gasteiger partial charge in [-0.05, 0) is 36.8 Å². The number of halogens is 3. The molecule has 1 unspecified atom stereocenters. The molecule has 1 aromatic rings. The zero-order valence-electron chi connectivity index (χ0n) is 9.26. The number of nitrogens with one attached hydrogen (secondary N) is 1. The summed E-state index contributed by atoms with van der Waals surface area (Å²) in [7, 11) is 0. The normalized spacial score (nSPS) is 21.2. The van der Waals surface area contributed by atoms with Crippen molar-refractivity contribution in [1.82, 2.24) is 0 Å². The topological polar surface area (TPSA) is 12.0 Å². The molecule has 1 fully saturated rings. The molecule has 0 radical (unpaired) electrons. The molecule has 0 saturated carbocycles. The van der Waals surface area contributed by atoms with E-state index in [4.69, 9.17) is 0 Å². The van der Waals surface area contributed by atoms with Crippen molar-refractivity contribution in [1.29, 1.82) is 0 Å². The van der Waals surface area contributed by atoms with Gasteiger partial charge in [-0.2, -0.15) is 24.9 Å². The second-order valence-electron chi connectivity index (χ2n) is 4.14. The lowest BCUT2D eigenvalue weighted by atomic mass is 10.1. The summed E-state index contributed by atoms with van der Waals surface area (Å²) in [5.74, 6) is 2.12. The number of anilines is 1. The van der Waals surface area contributed by atoms with Crippen molar-refractivity contribution in [3.63, 3.8) is 0 Å². The molecule has 17 heavy (non-hydrogen) atoms. The van der Waals surface area contributed by atoms with E-state index in [2.05, 4.69) is 5.32 Å². The summed E-state index contributed by atoms with van der Waals surface area (Å²) in [6, 6.07) is 5.70. The van der Waals surface area contributed by atoms with Gasteiger partial charge in [0.15, 0.2) is 0 Å². The van der Waals surface area contributed by atoms with Crippen LogP contribution in [0.5, 0.6) is 0 Å². The number of alkyl halides is 3. The minimum absolute atomic E-state index is 0.289. The van der Waals surface area contributed by atoms with E-state index < -0.39 is 11.7 Å². The predicted molar refractivity (Wildman–Crippen MR) is 65.4 cm³/mol. The Bertz CT molecular complexity index is 372. The lowest BCUT2D eigenvalue weighted by Gasteiger charge is -2.23. The summed E-state index contributed by atoms with van der Waals surface area (Å²) in [4.78, 5) is 0. The van der Waals surface area contributed by atoms with Gasteiger partial charge in [-0.3, -0.25) is 0 Å². The molecular weight excluding hydrogens is 247 g/mol. The second-order valence-corrected chi connectivity index (χ2v) is 5.29. The average molecular weight is 261 g/mol. The Morgan fingerprint density at radius 1 is 1.29 bits per heavy atom. The zero-order valence-corrected chi connectivity index (χ0v) is 10.1. The van der Waals surface area contributed by atoms with Crippen LogP contribution in [0.2, 0.25) is 0 Å². The van der Waals surface area contributed by atoms with Crippen molar-refractivity contribution in [3.8, 4) is 0 Å². The summed E-state index contributed by atoms with van der Waals surface area (Å²) < 4.78 is 37.5. The first kappa shape index (κ1) is 12.6. The van der Waals surface area contributed by atoms with Gasteiger partial charge in [0.25, 0.3) is 0 Å². The zero-order chi connectivity index (χ0) is 12.3. The number of benzene rings is 1. The third-order valence-electron chi connectivity index (χ3n) is 2.72. The van der Waals surface area contributed by atoms with Crippen LogP contribution in [0.25, 0.3) is 0 Å². The highest BCUT2D eigenvalue weighted by Crippen LogP contribution is 2.31. The van der Waals surface area contributed by atoms with Gasteiger partial charge in [-0.15, -0.1) is 0 Å². The maximum atomic E-state index is 12.5. The SMILES string of the molecule is FC(F)(F)c1cccc(NC2CCCSC2)c1.